The van der Waals surface area contributed by atoms with Gasteiger partial charge in [-0.25, -0.2) is 0 Å². The third-order valence-corrected chi connectivity index (χ3v) is 3.26. The summed E-state index contributed by atoms with van der Waals surface area (Å²) in [5.41, 5.74) is 2.14. The van der Waals surface area contributed by atoms with Crippen molar-refractivity contribution in [2.45, 2.75) is 24.8 Å². The van der Waals surface area contributed by atoms with Gasteiger partial charge in [-0.2, -0.15) is 26.3 Å². The lowest BCUT2D eigenvalue weighted by molar-refractivity contribution is -0.143. The summed E-state index contributed by atoms with van der Waals surface area (Å²) in [6.45, 7) is 0. The average Bonchev–Trinajstić information content (AvgIpc) is 2.94. The number of hydrogen-bond donors (Lipinski definition) is 2. The highest BCUT2D eigenvalue weighted by atomic mass is 19.4. The van der Waals surface area contributed by atoms with Crippen LogP contribution in [0.2, 0.25) is 0 Å². The number of benzene rings is 1. The Morgan fingerprint density at radius 3 is 2.00 bits per heavy atom. The average molecular weight is 367 g/mol. The van der Waals surface area contributed by atoms with Gasteiger partial charge in [0.25, 0.3) is 0 Å². The molecule has 0 saturated carbocycles. The van der Waals surface area contributed by atoms with Crippen molar-refractivity contribution in [2.75, 3.05) is 0 Å². The van der Waals surface area contributed by atoms with E-state index >= 15 is 0 Å². The van der Waals surface area contributed by atoms with Crippen LogP contribution in [-0.2, 0) is 17.1 Å². The summed E-state index contributed by atoms with van der Waals surface area (Å²) in [6.07, 6.45) is -10.5. The summed E-state index contributed by atoms with van der Waals surface area (Å²) in [7, 11) is 0. The Kier molecular flexibility index (Phi) is 4.85. The molecule has 0 fully saturated rings. The summed E-state index contributed by atoms with van der Waals surface area (Å²) in [5, 5.41) is 8.65. The predicted octanol–water partition coefficient (Wildman–Crippen LogP) is 4.46. The molecule has 0 bridgehead atoms. The van der Waals surface area contributed by atoms with E-state index in [4.69, 9.17) is 15.3 Å². The van der Waals surface area contributed by atoms with Crippen LogP contribution in [0.25, 0.3) is 11.3 Å². The van der Waals surface area contributed by atoms with Crippen molar-refractivity contribution < 1.29 is 40.7 Å². The smallest absolute Gasteiger partial charge is 0.416 e. The first-order chi connectivity index (χ1) is 11.4. The van der Waals surface area contributed by atoms with E-state index in [1.165, 1.54) is 6.07 Å². The third-order valence-electron chi connectivity index (χ3n) is 3.26. The fourth-order valence-electron chi connectivity index (χ4n) is 2.09. The quantitative estimate of drug-likeness (QED) is 0.783. The lowest BCUT2D eigenvalue weighted by Crippen LogP contribution is -2.14. The van der Waals surface area contributed by atoms with Crippen molar-refractivity contribution in [1.82, 2.24) is 0 Å². The van der Waals surface area contributed by atoms with Crippen LogP contribution in [0, 0.1) is 0 Å². The molecule has 0 radical (unpaired) electrons. The number of furan rings is 1. The fourth-order valence-corrected chi connectivity index (χ4v) is 2.09. The molecule has 1 aromatic carbocycles. The molecule has 0 saturated heterocycles. The van der Waals surface area contributed by atoms with E-state index in [2.05, 4.69) is 0 Å². The van der Waals surface area contributed by atoms with Crippen LogP contribution < -0.4 is 5.73 Å². The Balaban J connectivity index is 2.48. The van der Waals surface area contributed by atoms with Crippen LogP contribution in [-0.4, -0.2) is 11.1 Å². The van der Waals surface area contributed by atoms with E-state index in [-0.39, 0.29) is 17.6 Å². The Morgan fingerprint density at radius 2 is 1.56 bits per heavy atom. The maximum atomic E-state index is 12.8. The summed E-state index contributed by atoms with van der Waals surface area (Å²) in [5.74, 6) is -1.58. The Hall–Kier alpha value is -2.49. The summed E-state index contributed by atoms with van der Waals surface area (Å²) < 4.78 is 82.2. The molecule has 1 atom stereocenters. The third kappa shape index (κ3) is 4.53. The molecule has 1 heterocycles. The number of carbonyl (C=O) groups is 1. The Morgan fingerprint density at radius 1 is 1.04 bits per heavy atom. The van der Waals surface area contributed by atoms with Crippen molar-refractivity contribution in [2.24, 2.45) is 5.73 Å². The highest BCUT2D eigenvalue weighted by Gasteiger charge is 2.37. The molecule has 136 valence electrons. The van der Waals surface area contributed by atoms with Crippen LogP contribution in [0.5, 0.6) is 0 Å². The zero-order chi connectivity index (χ0) is 19.0. The van der Waals surface area contributed by atoms with Crippen LogP contribution >= 0.6 is 0 Å². The molecular formula is C15H11F6NO3. The van der Waals surface area contributed by atoms with Crippen LogP contribution in [0.4, 0.5) is 26.3 Å². The molecule has 1 aromatic heterocycles. The number of hydrogen-bond acceptors (Lipinski definition) is 3. The molecule has 0 aliphatic heterocycles. The zero-order valence-electron chi connectivity index (χ0n) is 12.3. The lowest BCUT2D eigenvalue weighted by Gasteiger charge is -2.13. The number of alkyl halides is 6. The van der Waals surface area contributed by atoms with E-state index in [0.29, 0.717) is 12.1 Å². The molecule has 3 N–H and O–H groups in total. The number of rotatable bonds is 4. The molecule has 0 amide bonds. The number of carboxylic acid groups (broad SMARTS) is 1. The van der Waals surface area contributed by atoms with Crippen molar-refractivity contribution in [3.8, 4) is 11.3 Å². The summed E-state index contributed by atoms with van der Waals surface area (Å²) in [6, 6.07) is 2.28. The van der Waals surface area contributed by atoms with Gasteiger partial charge in [-0.05, 0) is 30.3 Å². The molecular weight excluding hydrogens is 356 g/mol. The van der Waals surface area contributed by atoms with Crippen LogP contribution in [0.1, 0.15) is 29.3 Å². The molecule has 4 nitrogen and oxygen atoms in total. The molecule has 10 heteroatoms. The van der Waals surface area contributed by atoms with Gasteiger partial charge in [0, 0.05) is 5.56 Å². The van der Waals surface area contributed by atoms with Gasteiger partial charge >= 0.3 is 18.3 Å². The van der Waals surface area contributed by atoms with Gasteiger partial charge in [-0.1, -0.05) is 0 Å². The normalized spacial score (nSPS) is 13.7. The molecule has 1 unspecified atom stereocenters. The second-order valence-electron chi connectivity index (χ2n) is 5.20. The van der Waals surface area contributed by atoms with Gasteiger partial charge < -0.3 is 15.3 Å². The second kappa shape index (κ2) is 6.43. The first kappa shape index (κ1) is 18.8. The lowest BCUT2D eigenvalue weighted by atomic mass is 10.0. The summed E-state index contributed by atoms with van der Waals surface area (Å²) in [4.78, 5) is 10.6. The van der Waals surface area contributed by atoms with Crippen LogP contribution in [0.3, 0.4) is 0 Å². The maximum Gasteiger partial charge on any atom is 0.416 e. The predicted molar refractivity (Wildman–Crippen MR) is 73.3 cm³/mol. The van der Waals surface area contributed by atoms with Crippen molar-refractivity contribution >= 4 is 5.97 Å². The standard InChI is InChI=1S/C15H11F6NO3/c16-14(17,18)8-3-7(4-9(5-8)15(19,20)21)11-1-2-12(25-11)10(22)6-13(23)24/h1-5,10H,6,22H2,(H,23,24). The number of aliphatic carboxylic acids is 1. The minimum absolute atomic E-state index is 0.00349. The molecule has 25 heavy (non-hydrogen) atoms. The van der Waals surface area contributed by atoms with Gasteiger partial charge in [0.2, 0.25) is 0 Å². The van der Waals surface area contributed by atoms with E-state index in [1.807, 2.05) is 0 Å². The largest absolute Gasteiger partial charge is 0.481 e. The number of carboxylic acids is 1. The van der Waals surface area contributed by atoms with Crippen molar-refractivity contribution in [1.29, 1.82) is 0 Å². The summed E-state index contributed by atoms with van der Waals surface area (Å²) >= 11 is 0. The van der Waals surface area contributed by atoms with Gasteiger partial charge in [-0.3, -0.25) is 4.79 Å². The highest BCUT2D eigenvalue weighted by molar-refractivity contribution is 5.68. The zero-order valence-corrected chi connectivity index (χ0v) is 12.3. The first-order valence-electron chi connectivity index (χ1n) is 6.75. The minimum Gasteiger partial charge on any atom is -0.481 e. The molecule has 0 aliphatic rings. The van der Waals surface area contributed by atoms with E-state index in [0.717, 1.165) is 6.07 Å². The van der Waals surface area contributed by atoms with Gasteiger partial charge in [0.15, 0.2) is 0 Å². The first-order valence-corrected chi connectivity index (χ1v) is 6.75. The van der Waals surface area contributed by atoms with Gasteiger partial charge in [-0.15, -0.1) is 0 Å². The van der Waals surface area contributed by atoms with Crippen molar-refractivity contribution in [3.63, 3.8) is 0 Å². The molecule has 0 spiro atoms. The topological polar surface area (TPSA) is 76.5 Å². The monoisotopic (exact) mass is 367 g/mol. The Labute approximate surface area is 136 Å². The van der Waals surface area contributed by atoms with E-state index in [1.54, 1.807) is 0 Å². The van der Waals surface area contributed by atoms with Gasteiger partial charge in [0.1, 0.15) is 11.5 Å². The fraction of sp³-hybridized carbons (Fsp3) is 0.267. The minimum atomic E-state index is -4.98. The highest BCUT2D eigenvalue weighted by Crippen LogP contribution is 2.39. The Bertz CT molecular complexity index is 746. The SMILES string of the molecule is NC(CC(=O)O)c1ccc(-c2cc(C(F)(F)F)cc(C(F)(F)F)c2)o1. The van der Waals surface area contributed by atoms with E-state index in [9.17, 15) is 31.1 Å². The second-order valence-corrected chi connectivity index (χ2v) is 5.20. The van der Waals surface area contributed by atoms with Crippen molar-refractivity contribution in [3.05, 3.63) is 47.2 Å². The molecule has 2 rings (SSSR count). The maximum absolute atomic E-state index is 12.8. The van der Waals surface area contributed by atoms with E-state index < -0.39 is 47.5 Å². The molecule has 2 aromatic rings. The van der Waals surface area contributed by atoms with Gasteiger partial charge in [0.05, 0.1) is 23.6 Å². The number of halogens is 6. The van der Waals surface area contributed by atoms with Crippen LogP contribution in [0.15, 0.2) is 34.7 Å². The number of nitrogens with two attached hydrogens (primary N) is 1. The molecule has 0 aliphatic carbocycles.